The molecule has 1 atom stereocenters. The molecule has 3 amide bonds. The topological polar surface area (TPSA) is 87.2 Å². The fourth-order valence-electron chi connectivity index (χ4n) is 3.76. The molecule has 0 bridgehead atoms. The maximum Gasteiger partial charge on any atom is 0.325 e. The number of hydrogen-bond donors (Lipinski definition) is 2. The third-order valence-electron chi connectivity index (χ3n) is 4.98. The van der Waals surface area contributed by atoms with Crippen molar-refractivity contribution < 1.29 is 9.59 Å². The van der Waals surface area contributed by atoms with Crippen LogP contribution in [0.15, 0.2) is 36.1 Å². The number of nitrogens with one attached hydrogen (secondary N) is 2. The van der Waals surface area contributed by atoms with Crippen molar-refractivity contribution in [2.24, 2.45) is 5.92 Å². The van der Waals surface area contributed by atoms with Crippen LogP contribution in [0.2, 0.25) is 0 Å². The van der Waals surface area contributed by atoms with Gasteiger partial charge in [-0.15, -0.1) is 11.3 Å². The van der Waals surface area contributed by atoms with Crippen LogP contribution in [0.5, 0.6) is 0 Å². The predicted molar refractivity (Wildman–Crippen MR) is 92.7 cm³/mol. The van der Waals surface area contributed by atoms with Crippen LogP contribution in [0.1, 0.15) is 23.4 Å². The average Bonchev–Trinajstić information content (AvgIpc) is 3.26. The highest BCUT2D eigenvalue weighted by atomic mass is 32.1. The van der Waals surface area contributed by atoms with E-state index in [4.69, 9.17) is 0 Å². The first-order valence-electron chi connectivity index (χ1n) is 8.35. The molecule has 0 spiro atoms. The largest absolute Gasteiger partial charge is 0.325 e. The summed E-state index contributed by atoms with van der Waals surface area (Å²) in [6.45, 7) is 1.87. The molecule has 2 aromatic rings. The summed E-state index contributed by atoms with van der Waals surface area (Å²) in [5.74, 6) is -0.164. The molecule has 4 heterocycles. The van der Waals surface area contributed by atoms with Crippen LogP contribution in [0.4, 0.5) is 4.79 Å². The summed E-state index contributed by atoms with van der Waals surface area (Å²) in [5.41, 5.74) is -0.285. The minimum Gasteiger partial charge on any atom is -0.319 e. The molecule has 2 fully saturated rings. The van der Waals surface area contributed by atoms with Crippen LogP contribution >= 0.6 is 11.3 Å². The van der Waals surface area contributed by atoms with Crippen molar-refractivity contribution in [3.05, 3.63) is 46.7 Å². The highest BCUT2D eigenvalue weighted by Gasteiger charge is 2.57. The molecule has 0 saturated carbocycles. The summed E-state index contributed by atoms with van der Waals surface area (Å²) in [6.07, 6.45) is 6.69. The molecular formula is C17H19N5O2S. The van der Waals surface area contributed by atoms with Crippen LogP contribution in [0.25, 0.3) is 0 Å². The minimum absolute atomic E-state index is 0.0377. The van der Waals surface area contributed by atoms with Crippen molar-refractivity contribution in [3.8, 4) is 0 Å². The number of imide groups is 1. The summed E-state index contributed by atoms with van der Waals surface area (Å²) < 4.78 is 0. The van der Waals surface area contributed by atoms with Gasteiger partial charge in [-0.1, -0.05) is 6.07 Å². The standard InChI is InChI=1S/C17H19N5O2S/c23-15-17(12-3-6-18-7-4-12,13-2-1-5-19-10-13)21-16(24)22(15)11-14-20-8-9-25-14/h1-2,5,8-10,12,18H,3-4,6-7,11H2,(H,21,24)/t17-/m1/s1. The molecule has 2 aliphatic heterocycles. The molecule has 7 nitrogen and oxygen atoms in total. The summed E-state index contributed by atoms with van der Waals surface area (Å²) in [4.78, 5) is 35.8. The lowest BCUT2D eigenvalue weighted by atomic mass is 9.74. The third-order valence-corrected chi connectivity index (χ3v) is 5.74. The highest BCUT2D eigenvalue weighted by molar-refractivity contribution is 7.09. The molecule has 0 aliphatic carbocycles. The fraction of sp³-hybridized carbons (Fsp3) is 0.412. The van der Waals surface area contributed by atoms with Gasteiger partial charge < -0.3 is 10.6 Å². The van der Waals surface area contributed by atoms with E-state index in [2.05, 4.69) is 20.6 Å². The zero-order valence-electron chi connectivity index (χ0n) is 13.6. The number of rotatable bonds is 4. The monoisotopic (exact) mass is 357 g/mol. The lowest BCUT2D eigenvalue weighted by molar-refractivity contribution is -0.134. The van der Waals surface area contributed by atoms with Crippen LogP contribution in [-0.2, 0) is 16.9 Å². The Kier molecular flexibility index (Phi) is 4.22. The second kappa shape index (κ2) is 6.53. The molecule has 8 heteroatoms. The number of amides is 3. The fourth-order valence-corrected chi connectivity index (χ4v) is 4.37. The van der Waals surface area contributed by atoms with Crippen molar-refractivity contribution in [1.82, 2.24) is 25.5 Å². The first kappa shape index (κ1) is 16.2. The third kappa shape index (κ3) is 2.71. The number of carbonyl (C=O) groups excluding carboxylic acids is 2. The van der Waals surface area contributed by atoms with E-state index < -0.39 is 5.54 Å². The highest BCUT2D eigenvalue weighted by Crippen LogP contribution is 2.40. The normalized spacial score (nSPS) is 24.6. The van der Waals surface area contributed by atoms with E-state index >= 15 is 0 Å². The first-order chi connectivity index (χ1) is 12.2. The molecule has 0 aromatic carbocycles. The molecule has 2 N–H and O–H groups in total. The Bertz CT molecular complexity index is 761. The number of carbonyl (C=O) groups is 2. The summed E-state index contributed by atoms with van der Waals surface area (Å²) in [5, 5.41) is 8.92. The van der Waals surface area contributed by atoms with E-state index in [1.807, 2.05) is 11.4 Å². The molecule has 25 heavy (non-hydrogen) atoms. The van der Waals surface area contributed by atoms with Gasteiger partial charge in [-0.3, -0.25) is 14.7 Å². The zero-order valence-corrected chi connectivity index (χ0v) is 14.5. The van der Waals surface area contributed by atoms with Gasteiger partial charge in [0.15, 0.2) is 5.54 Å². The lowest BCUT2D eigenvalue weighted by Gasteiger charge is -2.37. The number of nitrogens with zero attached hydrogens (tertiary/aromatic N) is 3. The summed E-state index contributed by atoms with van der Waals surface area (Å²) >= 11 is 1.44. The van der Waals surface area contributed by atoms with Crippen molar-refractivity contribution in [2.45, 2.75) is 24.9 Å². The Morgan fingerprint density at radius 2 is 2.12 bits per heavy atom. The molecule has 4 rings (SSSR count). The number of piperidine rings is 1. The van der Waals surface area contributed by atoms with Gasteiger partial charge in [0.1, 0.15) is 5.01 Å². The lowest BCUT2D eigenvalue weighted by Crippen LogP contribution is -2.53. The Morgan fingerprint density at radius 1 is 1.28 bits per heavy atom. The molecule has 2 aromatic heterocycles. The molecular weight excluding hydrogens is 338 g/mol. The predicted octanol–water partition coefficient (Wildman–Crippen LogP) is 1.48. The van der Waals surface area contributed by atoms with Crippen molar-refractivity contribution in [2.75, 3.05) is 13.1 Å². The van der Waals surface area contributed by atoms with Gasteiger partial charge in [0, 0.05) is 29.5 Å². The zero-order chi connectivity index (χ0) is 17.3. The maximum absolute atomic E-state index is 13.4. The van der Waals surface area contributed by atoms with Crippen LogP contribution in [-0.4, -0.2) is 39.9 Å². The van der Waals surface area contributed by atoms with Gasteiger partial charge in [-0.25, -0.2) is 9.78 Å². The second-order valence-corrected chi connectivity index (χ2v) is 7.30. The molecule has 0 radical (unpaired) electrons. The number of thiazole rings is 1. The molecule has 0 unspecified atom stereocenters. The van der Waals surface area contributed by atoms with E-state index in [0.717, 1.165) is 36.5 Å². The molecule has 130 valence electrons. The van der Waals surface area contributed by atoms with E-state index in [1.165, 1.54) is 16.2 Å². The van der Waals surface area contributed by atoms with Crippen molar-refractivity contribution >= 4 is 23.3 Å². The van der Waals surface area contributed by atoms with E-state index in [-0.39, 0.29) is 24.4 Å². The van der Waals surface area contributed by atoms with Gasteiger partial charge in [0.25, 0.3) is 5.91 Å². The van der Waals surface area contributed by atoms with E-state index in [1.54, 1.807) is 24.7 Å². The van der Waals surface area contributed by atoms with Crippen LogP contribution in [0, 0.1) is 5.92 Å². The Labute approximate surface area is 149 Å². The number of urea groups is 1. The van der Waals surface area contributed by atoms with E-state index in [0.29, 0.717) is 0 Å². The van der Waals surface area contributed by atoms with Crippen LogP contribution < -0.4 is 10.6 Å². The second-order valence-electron chi connectivity index (χ2n) is 6.32. The Balaban J connectivity index is 1.73. The maximum atomic E-state index is 13.4. The SMILES string of the molecule is O=C1N[C@@](c2cccnc2)(C2CCNCC2)C(=O)N1Cc1nccs1. The van der Waals surface area contributed by atoms with Gasteiger partial charge in [-0.05, 0) is 37.9 Å². The number of hydrogen-bond acceptors (Lipinski definition) is 6. The van der Waals surface area contributed by atoms with Crippen molar-refractivity contribution in [3.63, 3.8) is 0 Å². The first-order valence-corrected chi connectivity index (χ1v) is 9.23. The Morgan fingerprint density at radius 3 is 2.80 bits per heavy atom. The minimum atomic E-state index is -1.04. The smallest absolute Gasteiger partial charge is 0.319 e. The van der Waals surface area contributed by atoms with Gasteiger partial charge >= 0.3 is 6.03 Å². The van der Waals surface area contributed by atoms with Gasteiger partial charge in [-0.2, -0.15) is 0 Å². The Hall–Kier alpha value is -2.32. The quantitative estimate of drug-likeness (QED) is 0.810. The number of aromatic nitrogens is 2. The summed E-state index contributed by atoms with van der Waals surface area (Å²) in [7, 11) is 0. The summed E-state index contributed by atoms with van der Waals surface area (Å²) in [6, 6.07) is 3.32. The molecule has 2 aliphatic rings. The van der Waals surface area contributed by atoms with Gasteiger partial charge in [0.2, 0.25) is 0 Å². The average molecular weight is 357 g/mol. The van der Waals surface area contributed by atoms with E-state index in [9.17, 15) is 9.59 Å². The van der Waals surface area contributed by atoms with Gasteiger partial charge in [0.05, 0.1) is 6.54 Å². The van der Waals surface area contributed by atoms with Crippen LogP contribution in [0.3, 0.4) is 0 Å². The number of pyridine rings is 1. The molecule has 2 saturated heterocycles. The van der Waals surface area contributed by atoms with Crippen molar-refractivity contribution in [1.29, 1.82) is 0 Å².